The molecule has 1 aliphatic rings. The second-order valence-corrected chi connectivity index (χ2v) is 8.04. The van der Waals surface area contributed by atoms with E-state index < -0.39 is 0 Å². The molecule has 0 bridgehead atoms. The molecule has 0 spiro atoms. The lowest BCUT2D eigenvalue weighted by Crippen LogP contribution is -2.48. The molecule has 156 valence electrons. The van der Waals surface area contributed by atoms with Crippen LogP contribution in [-0.2, 0) is 11.3 Å². The fourth-order valence-corrected chi connectivity index (χ4v) is 3.15. The minimum atomic E-state index is 0.0674. The van der Waals surface area contributed by atoms with E-state index in [-0.39, 0.29) is 18.1 Å². The Kier molecular flexibility index (Phi) is 8.30. The van der Waals surface area contributed by atoms with Crippen molar-refractivity contribution < 1.29 is 9.53 Å². The van der Waals surface area contributed by atoms with Crippen molar-refractivity contribution >= 4 is 11.9 Å². The van der Waals surface area contributed by atoms with Crippen LogP contribution in [0.5, 0.6) is 0 Å². The fourth-order valence-electron chi connectivity index (χ4n) is 3.15. The molecule has 1 aliphatic heterocycles. The number of hydrogen-bond donors (Lipinski definition) is 2. The summed E-state index contributed by atoms with van der Waals surface area (Å²) in [5, 5.41) is 6.72. The van der Waals surface area contributed by atoms with E-state index in [1.165, 1.54) is 0 Å². The molecular weight excluding hydrogens is 352 g/mol. The number of nitrogens with one attached hydrogen (secondary N) is 2. The molecule has 1 aromatic rings. The molecule has 6 heteroatoms. The molecule has 28 heavy (non-hydrogen) atoms. The number of guanidine groups is 1. The van der Waals surface area contributed by atoms with Crippen molar-refractivity contribution in [2.75, 3.05) is 19.6 Å². The summed E-state index contributed by atoms with van der Waals surface area (Å²) in [5.74, 6) is 1.41. The molecule has 1 aromatic carbocycles. The first-order chi connectivity index (χ1) is 13.3. The normalized spacial score (nSPS) is 21.5. The van der Waals surface area contributed by atoms with Crippen molar-refractivity contribution in [1.29, 1.82) is 0 Å². The fraction of sp³-hybridized carbons (Fsp3) is 0.636. The molecule has 3 atom stereocenters. The van der Waals surface area contributed by atoms with Gasteiger partial charge in [0, 0.05) is 31.2 Å². The first kappa shape index (κ1) is 22.2. The lowest BCUT2D eigenvalue weighted by atomic mass is 10.1. The summed E-state index contributed by atoms with van der Waals surface area (Å²) in [4.78, 5) is 19.3. The van der Waals surface area contributed by atoms with Crippen molar-refractivity contribution in [2.45, 2.75) is 66.3 Å². The van der Waals surface area contributed by atoms with Gasteiger partial charge in [0.2, 0.25) is 0 Å². The highest BCUT2D eigenvalue weighted by Crippen LogP contribution is 2.15. The highest BCUT2D eigenvalue weighted by atomic mass is 16.5. The summed E-state index contributed by atoms with van der Waals surface area (Å²) >= 11 is 0. The third-order valence-electron chi connectivity index (χ3n) is 5.04. The van der Waals surface area contributed by atoms with Crippen LogP contribution in [-0.4, -0.2) is 54.7 Å². The number of aliphatic imine (C=N–C) groups is 1. The summed E-state index contributed by atoms with van der Waals surface area (Å²) in [7, 11) is 0. The molecule has 6 nitrogen and oxygen atoms in total. The number of carbonyl (C=O) groups excluding carboxylic acids is 1. The van der Waals surface area contributed by atoms with Gasteiger partial charge in [-0.1, -0.05) is 26.0 Å². The van der Waals surface area contributed by atoms with Crippen LogP contribution in [0.25, 0.3) is 0 Å². The highest BCUT2D eigenvalue weighted by Gasteiger charge is 2.26. The zero-order chi connectivity index (χ0) is 20.7. The third kappa shape index (κ3) is 6.51. The number of morpholine rings is 1. The molecule has 1 heterocycles. The Labute approximate surface area is 169 Å². The van der Waals surface area contributed by atoms with Crippen molar-refractivity contribution in [3.05, 3.63) is 35.4 Å². The van der Waals surface area contributed by atoms with Crippen molar-refractivity contribution in [1.82, 2.24) is 15.5 Å². The minimum Gasteiger partial charge on any atom is -0.372 e. The smallest absolute Gasteiger partial charge is 0.254 e. The van der Waals surface area contributed by atoms with Crippen LogP contribution >= 0.6 is 0 Å². The van der Waals surface area contributed by atoms with Gasteiger partial charge < -0.3 is 20.3 Å². The molecule has 0 aliphatic carbocycles. The van der Waals surface area contributed by atoms with Crippen LogP contribution in [0.3, 0.4) is 0 Å². The van der Waals surface area contributed by atoms with Gasteiger partial charge in [0.15, 0.2) is 5.96 Å². The Morgan fingerprint density at radius 1 is 1.18 bits per heavy atom. The van der Waals surface area contributed by atoms with Crippen LogP contribution < -0.4 is 10.6 Å². The quantitative estimate of drug-likeness (QED) is 0.581. The van der Waals surface area contributed by atoms with E-state index in [9.17, 15) is 4.79 Å². The highest BCUT2D eigenvalue weighted by molar-refractivity contribution is 5.94. The predicted octanol–water partition coefficient (Wildman–Crippen LogP) is 3.04. The molecule has 1 saturated heterocycles. The molecule has 0 aromatic heterocycles. The molecule has 3 unspecified atom stereocenters. The van der Waals surface area contributed by atoms with Crippen LogP contribution in [0.15, 0.2) is 29.3 Å². The maximum absolute atomic E-state index is 12.8. The van der Waals surface area contributed by atoms with Crippen LogP contribution in [0.1, 0.15) is 57.5 Å². The maximum Gasteiger partial charge on any atom is 0.254 e. The Morgan fingerprint density at radius 3 is 2.32 bits per heavy atom. The zero-order valence-corrected chi connectivity index (χ0v) is 18.2. The number of rotatable bonds is 6. The largest absolute Gasteiger partial charge is 0.372 e. The van der Waals surface area contributed by atoms with E-state index in [1.54, 1.807) is 0 Å². The Hall–Kier alpha value is -2.08. The summed E-state index contributed by atoms with van der Waals surface area (Å²) < 4.78 is 5.72. The van der Waals surface area contributed by atoms with E-state index in [2.05, 4.69) is 43.3 Å². The molecule has 1 amide bonds. The zero-order valence-electron chi connectivity index (χ0n) is 18.2. The van der Waals surface area contributed by atoms with Gasteiger partial charge in [-0.3, -0.25) is 4.79 Å². The maximum atomic E-state index is 12.8. The Bertz CT molecular complexity index is 647. The van der Waals surface area contributed by atoms with Gasteiger partial charge in [-0.25, -0.2) is 4.99 Å². The first-order valence-corrected chi connectivity index (χ1v) is 10.4. The molecule has 1 fully saturated rings. The molecule has 2 N–H and O–H groups in total. The summed E-state index contributed by atoms with van der Waals surface area (Å²) in [6.07, 6.45) is 0.151. The summed E-state index contributed by atoms with van der Waals surface area (Å²) in [6, 6.07) is 8.11. The number of hydrogen-bond acceptors (Lipinski definition) is 3. The van der Waals surface area contributed by atoms with Gasteiger partial charge in [0.1, 0.15) is 0 Å². The standard InChI is InChI=1S/C22H36N4O2/c1-7-23-22(25-18(6)15(2)3)24-12-19-8-10-20(11-9-19)21(27)26-13-16(4)28-17(5)14-26/h8-11,15-18H,7,12-14H2,1-6H3,(H2,23,24,25). The van der Waals surface area contributed by atoms with Crippen molar-refractivity contribution in [2.24, 2.45) is 10.9 Å². The Morgan fingerprint density at radius 2 is 1.79 bits per heavy atom. The second kappa shape index (κ2) is 10.5. The third-order valence-corrected chi connectivity index (χ3v) is 5.04. The van der Waals surface area contributed by atoms with E-state index in [0.717, 1.165) is 18.1 Å². The number of benzene rings is 1. The molecule has 0 radical (unpaired) electrons. The van der Waals surface area contributed by atoms with Gasteiger partial charge >= 0.3 is 0 Å². The van der Waals surface area contributed by atoms with Gasteiger partial charge in [-0.05, 0) is 51.3 Å². The van der Waals surface area contributed by atoms with Gasteiger partial charge in [0.05, 0.1) is 18.8 Å². The second-order valence-electron chi connectivity index (χ2n) is 8.04. The van der Waals surface area contributed by atoms with Crippen LogP contribution in [0, 0.1) is 5.92 Å². The van der Waals surface area contributed by atoms with Crippen LogP contribution in [0.4, 0.5) is 0 Å². The van der Waals surface area contributed by atoms with Gasteiger partial charge in [0.25, 0.3) is 5.91 Å². The summed E-state index contributed by atoms with van der Waals surface area (Å²) in [6.45, 7) is 15.3. The van der Waals surface area contributed by atoms with Crippen molar-refractivity contribution in [3.63, 3.8) is 0 Å². The van der Waals surface area contributed by atoms with Crippen molar-refractivity contribution in [3.8, 4) is 0 Å². The summed E-state index contributed by atoms with van der Waals surface area (Å²) in [5.41, 5.74) is 1.79. The molecule has 0 saturated carbocycles. The minimum absolute atomic E-state index is 0.0674. The Balaban J connectivity index is 2.00. The average molecular weight is 389 g/mol. The van der Waals surface area contributed by atoms with Gasteiger partial charge in [-0.15, -0.1) is 0 Å². The number of carbonyl (C=O) groups is 1. The average Bonchev–Trinajstić information content (AvgIpc) is 2.65. The lowest BCUT2D eigenvalue weighted by Gasteiger charge is -2.35. The SMILES string of the molecule is CCNC(=NCc1ccc(C(=O)N2CC(C)OC(C)C2)cc1)NC(C)C(C)C. The lowest BCUT2D eigenvalue weighted by molar-refractivity contribution is -0.0586. The van der Waals surface area contributed by atoms with E-state index in [0.29, 0.717) is 37.2 Å². The number of amides is 1. The van der Waals surface area contributed by atoms with E-state index >= 15 is 0 Å². The predicted molar refractivity (Wildman–Crippen MR) is 115 cm³/mol. The van der Waals surface area contributed by atoms with E-state index in [4.69, 9.17) is 4.74 Å². The number of nitrogens with zero attached hydrogens (tertiary/aromatic N) is 2. The van der Waals surface area contributed by atoms with E-state index in [1.807, 2.05) is 43.0 Å². The molecular formula is C22H36N4O2. The number of ether oxygens (including phenoxy) is 1. The first-order valence-electron chi connectivity index (χ1n) is 10.4. The monoisotopic (exact) mass is 388 g/mol. The van der Waals surface area contributed by atoms with Crippen LogP contribution in [0.2, 0.25) is 0 Å². The molecule has 2 rings (SSSR count). The topological polar surface area (TPSA) is 66.0 Å². The van der Waals surface area contributed by atoms with Gasteiger partial charge in [-0.2, -0.15) is 0 Å².